The van der Waals surface area contributed by atoms with Gasteiger partial charge in [-0.25, -0.2) is 4.39 Å². The Balaban J connectivity index is 1.63. The van der Waals surface area contributed by atoms with Gasteiger partial charge in [-0.1, -0.05) is 19.1 Å². The van der Waals surface area contributed by atoms with Gasteiger partial charge in [-0.2, -0.15) is 15.0 Å². The maximum absolute atomic E-state index is 14.1. The number of aromatic nitrogens is 3. The van der Waals surface area contributed by atoms with Crippen molar-refractivity contribution in [2.75, 3.05) is 30.0 Å². The van der Waals surface area contributed by atoms with E-state index in [0.29, 0.717) is 23.6 Å². The molecule has 1 aromatic carbocycles. The smallest absolute Gasteiger partial charge is 0.233 e. The molecular weight excluding hydrogens is 409 g/mol. The number of hydrogen-bond acceptors (Lipinski definition) is 8. The van der Waals surface area contributed by atoms with Crippen LogP contribution in [0.25, 0.3) is 0 Å². The highest BCUT2D eigenvalue weighted by Crippen LogP contribution is 2.38. The lowest BCUT2D eigenvalue weighted by molar-refractivity contribution is 0.243. The van der Waals surface area contributed by atoms with Gasteiger partial charge in [0.2, 0.25) is 17.8 Å². The molecule has 8 nitrogen and oxygen atoms in total. The number of methoxy groups -OCH3 is 1. The first-order valence-electron chi connectivity index (χ1n) is 11.3. The fraction of sp³-hybridized carbons (Fsp3) is 0.522. The van der Waals surface area contributed by atoms with E-state index >= 15 is 0 Å². The van der Waals surface area contributed by atoms with Crippen molar-refractivity contribution >= 4 is 23.5 Å². The Labute approximate surface area is 188 Å². The number of halogens is 1. The molecule has 0 spiro atoms. The lowest BCUT2D eigenvalue weighted by Crippen LogP contribution is -2.58. The number of benzene rings is 1. The lowest BCUT2D eigenvalue weighted by Gasteiger charge is -2.45. The fourth-order valence-electron chi connectivity index (χ4n) is 4.99. The predicted octanol–water partition coefficient (Wildman–Crippen LogP) is 4.01. The monoisotopic (exact) mass is 441 g/mol. The Morgan fingerprint density at radius 1 is 1.22 bits per heavy atom. The van der Waals surface area contributed by atoms with Crippen molar-refractivity contribution in [3.8, 4) is 5.75 Å². The van der Waals surface area contributed by atoms with Crippen LogP contribution in [0.1, 0.15) is 45.4 Å². The van der Waals surface area contributed by atoms with Gasteiger partial charge in [0, 0.05) is 23.7 Å². The van der Waals surface area contributed by atoms with Crippen LogP contribution < -0.4 is 26.4 Å². The minimum atomic E-state index is -0.473. The minimum Gasteiger partial charge on any atom is -0.494 e. The van der Waals surface area contributed by atoms with Crippen LogP contribution in [0.2, 0.25) is 0 Å². The van der Waals surface area contributed by atoms with Crippen molar-refractivity contribution in [2.45, 2.75) is 57.0 Å². The number of nitrogens with zero attached hydrogens (tertiary/aromatic N) is 3. The number of anilines is 4. The first kappa shape index (κ1) is 22.3. The Hall–Kier alpha value is -2.94. The van der Waals surface area contributed by atoms with Crippen LogP contribution in [0.5, 0.6) is 5.75 Å². The summed E-state index contributed by atoms with van der Waals surface area (Å²) in [7, 11) is 1.43. The molecule has 2 aromatic rings. The molecule has 1 aliphatic carbocycles. The third-order valence-electron chi connectivity index (χ3n) is 6.59. The third-order valence-corrected chi connectivity index (χ3v) is 6.59. The van der Waals surface area contributed by atoms with Crippen molar-refractivity contribution in [3.63, 3.8) is 0 Å². The van der Waals surface area contributed by atoms with Gasteiger partial charge in [-0.3, -0.25) is 0 Å². The van der Waals surface area contributed by atoms with Crippen molar-refractivity contribution in [2.24, 2.45) is 5.92 Å². The summed E-state index contributed by atoms with van der Waals surface area (Å²) in [5.41, 5.74) is 6.28. The van der Waals surface area contributed by atoms with Crippen LogP contribution in [0.15, 0.2) is 30.4 Å². The van der Waals surface area contributed by atoms with E-state index in [2.05, 4.69) is 50.0 Å². The average Bonchev–Trinajstić information content (AvgIpc) is 3.33. The average molecular weight is 442 g/mol. The first-order valence-corrected chi connectivity index (χ1v) is 11.3. The maximum atomic E-state index is 14.1. The van der Waals surface area contributed by atoms with E-state index in [9.17, 15) is 4.39 Å². The molecule has 0 bridgehead atoms. The zero-order valence-corrected chi connectivity index (χ0v) is 18.7. The van der Waals surface area contributed by atoms with Gasteiger partial charge in [0.1, 0.15) is 0 Å². The van der Waals surface area contributed by atoms with Crippen LogP contribution in [0, 0.1) is 11.7 Å². The molecular formula is C23H32FN7O. The van der Waals surface area contributed by atoms with Gasteiger partial charge in [0.25, 0.3) is 0 Å². The summed E-state index contributed by atoms with van der Waals surface area (Å²) in [5, 5.41) is 10.4. The molecule has 2 aliphatic rings. The van der Waals surface area contributed by atoms with Gasteiger partial charge in [-0.05, 0) is 57.2 Å². The van der Waals surface area contributed by atoms with Crippen LogP contribution in [0.3, 0.4) is 0 Å². The van der Waals surface area contributed by atoms with E-state index in [1.807, 2.05) is 0 Å². The molecule has 32 heavy (non-hydrogen) atoms. The summed E-state index contributed by atoms with van der Waals surface area (Å²) in [4.78, 5) is 13.1. The molecule has 0 amide bonds. The van der Waals surface area contributed by atoms with Crippen LogP contribution in [0.4, 0.5) is 27.9 Å². The number of nitrogen functional groups attached to an aromatic ring is 1. The van der Waals surface area contributed by atoms with E-state index in [1.165, 1.54) is 19.6 Å². The quantitative estimate of drug-likeness (QED) is 0.455. The van der Waals surface area contributed by atoms with E-state index in [0.717, 1.165) is 38.6 Å². The highest BCUT2D eigenvalue weighted by atomic mass is 19.1. The van der Waals surface area contributed by atoms with E-state index in [4.69, 9.17) is 10.5 Å². The molecule has 1 aliphatic heterocycles. The van der Waals surface area contributed by atoms with Crippen molar-refractivity contribution < 1.29 is 9.13 Å². The number of ether oxygens (including phenoxy) is 1. The second kappa shape index (κ2) is 9.68. The molecule has 5 N–H and O–H groups in total. The van der Waals surface area contributed by atoms with E-state index in [1.54, 1.807) is 12.1 Å². The summed E-state index contributed by atoms with van der Waals surface area (Å²) >= 11 is 0. The molecule has 3 unspecified atom stereocenters. The van der Waals surface area contributed by atoms with E-state index < -0.39 is 5.82 Å². The number of nitrogens with two attached hydrogens (primary N) is 1. The first-order chi connectivity index (χ1) is 15.5. The molecule has 0 radical (unpaired) electrons. The summed E-state index contributed by atoms with van der Waals surface area (Å²) < 4.78 is 19.1. The van der Waals surface area contributed by atoms with Crippen LogP contribution >= 0.6 is 0 Å². The van der Waals surface area contributed by atoms with Gasteiger partial charge in [0.15, 0.2) is 11.6 Å². The second-order valence-corrected chi connectivity index (χ2v) is 8.45. The lowest BCUT2D eigenvalue weighted by atomic mass is 9.71. The number of hydrogen-bond donors (Lipinski definition) is 4. The van der Waals surface area contributed by atoms with E-state index in [-0.39, 0.29) is 23.2 Å². The Kier molecular flexibility index (Phi) is 6.74. The fourth-order valence-corrected chi connectivity index (χ4v) is 4.99. The number of rotatable bonds is 8. The molecule has 1 aromatic heterocycles. The van der Waals surface area contributed by atoms with Crippen molar-refractivity contribution in [1.29, 1.82) is 0 Å². The van der Waals surface area contributed by atoms with Crippen LogP contribution in [-0.4, -0.2) is 40.2 Å². The minimum absolute atomic E-state index is 0.0996. The Bertz CT molecular complexity index is 963. The highest BCUT2D eigenvalue weighted by molar-refractivity contribution is 5.57. The summed E-state index contributed by atoms with van der Waals surface area (Å²) in [5.74, 6) is 0.839. The molecule has 9 heteroatoms. The molecule has 2 heterocycles. The van der Waals surface area contributed by atoms with Gasteiger partial charge in [-0.15, -0.1) is 0 Å². The molecule has 4 rings (SSSR count). The maximum Gasteiger partial charge on any atom is 0.233 e. The Morgan fingerprint density at radius 2 is 2.06 bits per heavy atom. The van der Waals surface area contributed by atoms with Crippen LogP contribution in [-0.2, 0) is 0 Å². The number of allylic oxidation sites excluding steroid dienone is 1. The summed E-state index contributed by atoms with van der Waals surface area (Å²) in [6, 6.07) is 4.88. The van der Waals surface area contributed by atoms with Crippen molar-refractivity contribution in [3.05, 3.63) is 36.2 Å². The second-order valence-electron chi connectivity index (χ2n) is 8.45. The Morgan fingerprint density at radius 3 is 2.72 bits per heavy atom. The highest BCUT2D eigenvalue weighted by Gasteiger charge is 2.45. The summed E-state index contributed by atoms with van der Waals surface area (Å²) in [6.07, 6.45) is 11.2. The zero-order valence-electron chi connectivity index (χ0n) is 18.7. The topological polar surface area (TPSA) is 110 Å². The molecule has 0 saturated carbocycles. The molecule has 1 saturated heterocycles. The van der Waals surface area contributed by atoms with Gasteiger partial charge >= 0.3 is 0 Å². The summed E-state index contributed by atoms with van der Waals surface area (Å²) in [6.45, 7) is 3.22. The third kappa shape index (κ3) is 4.62. The molecule has 3 atom stereocenters. The van der Waals surface area contributed by atoms with Crippen molar-refractivity contribution in [1.82, 2.24) is 20.3 Å². The SMILES string of the molecule is CCC(Nc1nc(N)nc(Nc2ccc(OC)c(F)c2)n1)(C1C=CCCC1)C1CCCN1. The zero-order chi connectivity index (χ0) is 22.6. The molecule has 172 valence electrons. The van der Waals surface area contributed by atoms with Gasteiger partial charge < -0.3 is 26.4 Å². The largest absolute Gasteiger partial charge is 0.494 e. The number of nitrogens with one attached hydrogen (secondary N) is 3. The van der Waals surface area contributed by atoms with Gasteiger partial charge in [0.05, 0.1) is 12.6 Å². The predicted molar refractivity (Wildman–Crippen MR) is 125 cm³/mol. The normalized spacial score (nSPS) is 22.3. The molecule has 1 fully saturated rings. The standard InChI is InChI=1S/C23H32FN7O/c1-3-23(19-10-7-13-26-19,15-8-5-4-6-9-15)31-22-29-20(25)28-21(30-22)27-16-11-12-18(32-2)17(24)14-16/h5,8,11-12,14-15,19,26H,3-4,6-7,9-10,13H2,1-2H3,(H4,25,27,28,29,30,31).